The van der Waals surface area contributed by atoms with Crippen molar-refractivity contribution < 1.29 is 4.79 Å². The van der Waals surface area contributed by atoms with Crippen molar-refractivity contribution in [2.24, 2.45) is 0 Å². The second kappa shape index (κ2) is 5.00. The highest BCUT2D eigenvalue weighted by Crippen LogP contribution is 2.28. The van der Waals surface area contributed by atoms with E-state index in [4.69, 9.17) is 11.6 Å². The molecule has 2 aliphatic rings. The molecule has 4 heteroatoms. The van der Waals surface area contributed by atoms with Crippen LogP contribution >= 0.6 is 11.6 Å². The van der Waals surface area contributed by atoms with Gasteiger partial charge in [-0.3, -0.25) is 4.79 Å². The van der Waals surface area contributed by atoms with E-state index in [1.165, 1.54) is 12.8 Å². The second-order valence-corrected chi connectivity index (χ2v) is 6.51. The minimum absolute atomic E-state index is 0.0104. The molecule has 3 atom stereocenters. The lowest BCUT2D eigenvalue weighted by atomic mass is 9.95. The molecule has 2 aliphatic heterocycles. The lowest BCUT2D eigenvalue weighted by molar-refractivity contribution is 0.0931. The number of hydrogen-bond donors (Lipinski definition) is 2. The SMILES string of the molecule is O=C(N[C@@H]1C[C@H]2CC[C@@H]1N2)c1ccc2ccc(Cl)cc2c1. The first-order valence-corrected chi connectivity index (χ1v) is 7.83. The molecule has 0 spiro atoms. The Kier molecular flexibility index (Phi) is 3.12. The van der Waals surface area contributed by atoms with Crippen LogP contribution in [0.15, 0.2) is 36.4 Å². The maximum Gasteiger partial charge on any atom is 0.251 e. The van der Waals surface area contributed by atoms with Crippen molar-refractivity contribution in [1.29, 1.82) is 0 Å². The van der Waals surface area contributed by atoms with Crippen LogP contribution in [0.25, 0.3) is 10.8 Å². The van der Waals surface area contributed by atoms with Gasteiger partial charge >= 0.3 is 0 Å². The van der Waals surface area contributed by atoms with Crippen molar-refractivity contribution >= 4 is 28.3 Å². The summed E-state index contributed by atoms with van der Waals surface area (Å²) < 4.78 is 0. The molecule has 0 saturated carbocycles. The maximum atomic E-state index is 12.4. The first-order chi connectivity index (χ1) is 10.2. The Balaban J connectivity index is 1.56. The number of carbonyl (C=O) groups is 1. The van der Waals surface area contributed by atoms with Crippen LogP contribution in [-0.2, 0) is 0 Å². The van der Waals surface area contributed by atoms with Crippen molar-refractivity contribution in [3.8, 4) is 0 Å². The lowest BCUT2D eigenvalue weighted by Crippen LogP contribution is -2.42. The zero-order valence-electron chi connectivity index (χ0n) is 11.6. The summed E-state index contributed by atoms with van der Waals surface area (Å²) in [6.07, 6.45) is 3.46. The first kappa shape index (κ1) is 13.1. The van der Waals surface area contributed by atoms with Gasteiger partial charge in [0, 0.05) is 28.7 Å². The highest BCUT2D eigenvalue weighted by Gasteiger charge is 2.39. The van der Waals surface area contributed by atoms with Crippen LogP contribution in [-0.4, -0.2) is 24.0 Å². The van der Waals surface area contributed by atoms with Gasteiger partial charge in [-0.15, -0.1) is 0 Å². The number of halogens is 1. The van der Waals surface area contributed by atoms with Crippen LogP contribution in [0.1, 0.15) is 29.6 Å². The summed E-state index contributed by atoms with van der Waals surface area (Å²) in [5, 5.41) is 9.50. The van der Waals surface area contributed by atoms with Crippen LogP contribution in [0.4, 0.5) is 0 Å². The largest absolute Gasteiger partial charge is 0.348 e. The summed E-state index contributed by atoms with van der Waals surface area (Å²) in [7, 11) is 0. The molecule has 0 radical (unpaired) electrons. The molecule has 2 aromatic rings. The molecule has 2 N–H and O–H groups in total. The molecule has 0 unspecified atom stereocenters. The van der Waals surface area contributed by atoms with E-state index in [1.807, 2.05) is 36.4 Å². The molecule has 108 valence electrons. The van der Waals surface area contributed by atoms with Crippen LogP contribution in [0.2, 0.25) is 5.02 Å². The smallest absolute Gasteiger partial charge is 0.251 e. The fraction of sp³-hybridized carbons (Fsp3) is 0.353. The predicted molar refractivity (Wildman–Crippen MR) is 84.8 cm³/mol. The van der Waals surface area contributed by atoms with Crippen LogP contribution in [0, 0.1) is 0 Å². The summed E-state index contributed by atoms with van der Waals surface area (Å²) >= 11 is 6.02. The number of amides is 1. The second-order valence-electron chi connectivity index (χ2n) is 6.07. The van der Waals surface area contributed by atoms with E-state index in [2.05, 4.69) is 10.6 Å². The van der Waals surface area contributed by atoms with Crippen LogP contribution < -0.4 is 10.6 Å². The number of hydrogen-bond acceptors (Lipinski definition) is 2. The lowest BCUT2D eigenvalue weighted by Gasteiger charge is -2.21. The maximum absolute atomic E-state index is 12.4. The summed E-state index contributed by atoms with van der Waals surface area (Å²) in [4.78, 5) is 12.4. The topological polar surface area (TPSA) is 41.1 Å². The molecule has 0 aliphatic carbocycles. The molecular weight excluding hydrogens is 284 g/mol. The van der Waals surface area contributed by atoms with Crippen LogP contribution in [0.3, 0.4) is 0 Å². The Morgan fingerprint density at radius 1 is 1.14 bits per heavy atom. The molecule has 2 bridgehead atoms. The number of carbonyl (C=O) groups excluding carboxylic acids is 1. The quantitative estimate of drug-likeness (QED) is 0.895. The predicted octanol–water partition coefficient (Wildman–Crippen LogP) is 3.12. The van der Waals surface area contributed by atoms with Gasteiger partial charge in [0.15, 0.2) is 0 Å². The van der Waals surface area contributed by atoms with Gasteiger partial charge in [-0.05, 0) is 54.3 Å². The Morgan fingerprint density at radius 3 is 2.76 bits per heavy atom. The average Bonchev–Trinajstić information content (AvgIpc) is 3.09. The molecular formula is C17H17ClN2O. The molecule has 0 aromatic heterocycles. The van der Waals surface area contributed by atoms with E-state index in [0.717, 1.165) is 17.2 Å². The summed E-state index contributed by atoms with van der Waals surface area (Å²) in [5.41, 5.74) is 0.701. The molecule has 1 amide bonds. The average molecular weight is 301 g/mol. The third kappa shape index (κ3) is 2.41. The molecule has 2 fully saturated rings. The Morgan fingerprint density at radius 2 is 2.00 bits per heavy atom. The number of fused-ring (bicyclic) bond motifs is 3. The minimum atomic E-state index is 0.0104. The van der Waals surface area contributed by atoms with Gasteiger partial charge in [0.2, 0.25) is 0 Å². The molecule has 21 heavy (non-hydrogen) atoms. The van der Waals surface area contributed by atoms with Gasteiger partial charge in [0.25, 0.3) is 5.91 Å². The van der Waals surface area contributed by atoms with E-state index < -0.39 is 0 Å². The molecule has 4 rings (SSSR count). The zero-order chi connectivity index (χ0) is 14.4. The van der Waals surface area contributed by atoms with E-state index in [1.54, 1.807) is 0 Å². The Hall–Kier alpha value is -1.58. The fourth-order valence-corrected chi connectivity index (χ4v) is 3.77. The van der Waals surface area contributed by atoms with Gasteiger partial charge < -0.3 is 10.6 Å². The fourth-order valence-electron chi connectivity index (χ4n) is 3.59. The molecule has 2 aromatic carbocycles. The van der Waals surface area contributed by atoms with E-state index in [-0.39, 0.29) is 11.9 Å². The summed E-state index contributed by atoms with van der Waals surface area (Å²) in [6, 6.07) is 12.8. The molecule has 2 heterocycles. The third-order valence-electron chi connectivity index (χ3n) is 4.68. The Bertz CT molecular complexity index is 715. The van der Waals surface area contributed by atoms with Crippen molar-refractivity contribution in [1.82, 2.24) is 10.6 Å². The Labute approximate surface area is 128 Å². The first-order valence-electron chi connectivity index (χ1n) is 7.45. The normalized spacial score (nSPS) is 27.2. The number of rotatable bonds is 2. The van der Waals surface area contributed by atoms with E-state index in [0.29, 0.717) is 22.7 Å². The van der Waals surface area contributed by atoms with Crippen molar-refractivity contribution in [2.45, 2.75) is 37.4 Å². The molecule has 2 saturated heterocycles. The van der Waals surface area contributed by atoms with Gasteiger partial charge in [0.05, 0.1) is 0 Å². The van der Waals surface area contributed by atoms with Gasteiger partial charge in [-0.2, -0.15) is 0 Å². The van der Waals surface area contributed by atoms with Crippen molar-refractivity contribution in [3.05, 3.63) is 47.0 Å². The number of nitrogens with one attached hydrogen (secondary N) is 2. The summed E-state index contributed by atoms with van der Waals surface area (Å²) in [5.74, 6) is 0.0104. The highest BCUT2D eigenvalue weighted by molar-refractivity contribution is 6.31. The van der Waals surface area contributed by atoms with Crippen molar-refractivity contribution in [3.63, 3.8) is 0 Å². The third-order valence-corrected chi connectivity index (χ3v) is 4.92. The number of benzene rings is 2. The zero-order valence-corrected chi connectivity index (χ0v) is 12.4. The van der Waals surface area contributed by atoms with Gasteiger partial charge in [-0.1, -0.05) is 23.7 Å². The monoisotopic (exact) mass is 300 g/mol. The van der Waals surface area contributed by atoms with E-state index in [9.17, 15) is 4.79 Å². The minimum Gasteiger partial charge on any atom is -0.348 e. The molecule has 3 nitrogen and oxygen atoms in total. The van der Waals surface area contributed by atoms with Gasteiger partial charge in [0.1, 0.15) is 0 Å². The van der Waals surface area contributed by atoms with Crippen molar-refractivity contribution in [2.75, 3.05) is 0 Å². The summed E-state index contributed by atoms with van der Waals surface area (Å²) in [6.45, 7) is 0. The highest BCUT2D eigenvalue weighted by atomic mass is 35.5. The standard InChI is InChI=1S/C17H17ClN2O/c18-13-4-3-10-1-2-11(7-12(10)8-13)17(21)20-16-9-14-5-6-15(16)19-14/h1-4,7-8,14-16,19H,5-6,9H2,(H,20,21)/t14-,15+,16-/m1/s1. The van der Waals surface area contributed by atoms with E-state index >= 15 is 0 Å². The van der Waals surface area contributed by atoms with Crippen LogP contribution in [0.5, 0.6) is 0 Å². The van der Waals surface area contributed by atoms with Gasteiger partial charge in [-0.25, -0.2) is 0 Å².